The van der Waals surface area contributed by atoms with Crippen LogP contribution in [0.15, 0.2) is 0 Å². The van der Waals surface area contributed by atoms with Gasteiger partial charge in [0.2, 0.25) is 10.0 Å². The Balaban J connectivity index is 2.86. The lowest BCUT2D eigenvalue weighted by Gasteiger charge is -2.36. The van der Waals surface area contributed by atoms with Gasteiger partial charge in [0, 0.05) is 12.1 Å². The van der Waals surface area contributed by atoms with Gasteiger partial charge in [-0.3, -0.25) is 0 Å². The highest BCUT2D eigenvalue weighted by atomic mass is 32.2. The topological polar surface area (TPSA) is 46.6 Å². The van der Waals surface area contributed by atoms with Crippen molar-refractivity contribution in [3.05, 3.63) is 0 Å². The summed E-state index contributed by atoms with van der Waals surface area (Å²) in [5.74, 6) is 0. The van der Waals surface area contributed by atoms with E-state index in [1.807, 2.05) is 27.7 Å². The van der Waals surface area contributed by atoms with Crippen LogP contribution in [0.5, 0.6) is 0 Å². The van der Waals surface area contributed by atoms with Crippen LogP contribution in [0.2, 0.25) is 0 Å². The van der Waals surface area contributed by atoms with E-state index in [-0.39, 0.29) is 17.3 Å². The molecule has 84 valence electrons. The second kappa shape index (κ2) is 4.16. The summed E-state index contributed by atoms with van der Waals surface area (Å²) < 4.78 is 30.6. The Hall–Kier alpha value is -0.130. The quantitative estimate of drug-likeness (QED) is 0.706. The highest BCUT2D eigenvalue weighted by Crippen LogP contribution is 2.21. The fraction of sp³-hybridized carbons (Fsp3) is 1.00. The van der Waals surface area contributed by atoms with Gasteiger partial charge in [0.25, 0.3) is 0 Å². The number of nitrogens with zero attached hydrogens (tertiary/aromatic N) is 1. The summed E-state index contributed by atoms with van der Waals surface area (Å²) in [5, 5.41) is -0.327. The van der Waals surface area contributed by atoms with E-state index >= 15 is 0 Å². The minimum absolute atomic E-state index is 0.0144. The molecule has 0 aromatic rings. The predicted octanol–water partition coefficient (Wildman–Crippen LogP) is 0.834. The van der Waals surface area contributed by atoms with E-state index < -0.39 is 10.0 Å². The van der Waals surface area contributed by atoms with Crippen molar-refractivity contribution in [2.24, 2.45) is 0 Å². The van der Waals surface area contributed by atoms with E-state index in [0.29, 0.717) is 13.2 Å². The molecule has 1 rings (SSSR count). The second-order valence-corrected chi connectivity index (χ2v) is 6.34. The zero-order valence-electron chi connectivity index (χ0n) is 9.23. The lowest BCUT2D eigenvalue weighted by atomic mass is 10.3. The summed E-state index contributed by atoms with van der Waals surface area (Å²) >= 11 is 0. The predicted molar refractivity (Wildman–Crippen MR) is 55.6 cm³/mol. The Bertz CT molecular complexity index is 272. The minimum atomic E-state index is -3.15. The van der Waals surface area contributed by atoms with Crippen LogP contribution in [-0.2, 0) is 14.8 Å². The summed E-state index contributed by atoms with van der Waals surface area (Å²) in [7, 11) is -3.15. The summed E-state index contributed by atoms with van der Waals surface area (Å²) in [4.78, 5) is 0. The first kappa shape index (κ1) is 11.9. The smallest absolute Gasteiger partial charge is 0.222 e. The van der Waals surface area contributed by atoms with Gasteiger partial charge in [0.1, 0.15) is 5.25 Å². The Morgan fingerprint density at radius 3 is 1.79 bits per heavy atom. The summed E-state index contributed by atoms with van der Waals surface area (Å²) in [6, 6.07) is 0.0289. The third-order valence-electron chi connectivity index (χ3n) is 2.34. The van der Waals surface area contributed by atoms with Crippen LogP contribution in [-0.4, -0.2) is 43.3 Å². The van der Waals surface area contributed by atoms with Gasteiger partial charge in [-0.25, -0.2) is 8.42 Å². The van der Waals surface area contributed by atoms with Gasteiger partial charge in [-0.15, -0.1) is 0 Å². The van der Waals surface area contributed by atoms with Crippen LogP contribution < -0.4 is 0 Å². The first-order valence-electron chi connectivity index (χ1n) is 4.97. The fourth-order valence-corrected chi connectivity index (χ4v) is 3.80. The number of hydrogen-bond donors (Lipinski definition) is 0. The van der Waals surface area contributed by atoms with E-state index in [1.165, 1.54) is 0 Å². The van der Waals surface area contributed by atoms with Gasteiger partial charge in [-0.05, 0) is 27.7 Å². The van der Waals surface area contributed by atoms with E-state index in [0.717, 1.165) is 0 Å². The molecule has 0 aliphatic carbocycles. The SMILES string of the molecule is CC(C)N(C(C)C)S(=O)(=O)C1COC1. The van der Waals surface area contributed by atoms with Crippen LogP contribution in [0.25, 0.3) is 0 Å². The van der Waals surface area contributed by atoms with Crippen molar-refractivity contribution in [3.63, 3.8) is 0 Å². The Morgan fingerprint density at radius 1 is 1.14 bits per heavy atom. The molecule has 1 aliphatic rings. The van der Waals surface area contributed by atoms with Crippen LogP contribution in [0.3, 0.4) is 0 Å². The Morgan fingerprint density at radius 2 is 1.57 bits per heavy atom. The van der Waals surface area contributed by atoms with Crippen molar-refractivity contribution in [1.82, 2.24) is 4.31 Å². The number of rotatable bonds is 4. The van der Waals surface area contributed by atoms with Gasteiger partial charge in [0.15, 0.2) is 0 Å². The van der Waals surface area contributed by atoms with Gasteiger partial charge in [-0.1, -0.05) is 0 Å². The molecule has 0 saturated carbocycles. The van der Waals surface area contributed by atoms with E-state index in [4.69, 9.17) is 4.74 Å². The third kappa shape index (κ3) is 2.10. The molecule has 1 fully saturated rings. The van der Waals surface area contributed by atoms with Crippen molar-refractivity contribution < 1.29 is 13.2 Å². The van der Waals surface area contributed by atoms with Gasteiger partial charge >= 0.3 is 0 Å². The first-order chi connectivity index (χ1) is 6.37. The van der Waals surface area contributed by atoms with Crippen LogP contribution in [0, 0.1) is 0 Å². The Labute approximate surface area is 86.3 Å². The van der Waals surface area contributed by atoms with Gasteiger partial charge in [-0.2, -0.15) is 4.31 Å². The van der Waals surface area contributed by atoms with Crippen molar-refractivity contribution in [2.45, 2.75) is 45.0 Å². The van der Waals surface area contributed by atoms with Gasteiger partial charge in [0.05, 0.1) is 13.2 Å². The summed E-state index contributed by atoms with van der Waals surface area (Å²) in [6.07, 6.45) is 0. The van der Waals surface area contributed by atoms with Crippen molar-refractivity contribution in [1.29, 1.82) is 0 Å². The molecule has 1 saturated heterocycles. The lowest BCUT2D eigenvalue weighted by Crippen LogP contribution is -2.53. The normalized spacial score (nSPS) is 19.4. The van der Waals surface area contributed by atoms with Crippen LogP contribution >= 0.6 is 0 Å². The summed E-state index contributed by atoms with van der Waals surface area (Å²) in [5.41, 5.74) is 0. The molecule has 0 unspecified atom stereocenters. The van der Waals surface area contributed by atoms with Crippen molar-refractivity contribution >= 4 is 10.0 Å². The van der Waals surface area contributed by atoms with Crippen LogP contribution in [0.4, 0.5) is 0 Å². The molecule has 1 aliphatic heterocycles. The molecule has 0 aromatic carbocycles. The molecule has 0 amide bonds. The molecular formula is C9H19NO3S. The molecule has 14 heavy (non-hydrogen) atoms. The molecule has 0 spiro atoms. The largest absolute Gasteiger partial charge is 0.378 e. The van der Waals surface area contributed by atoms with Crippen molar-refractivity contribution in [3.8, 4) is 0 Å². The first-order valence-corrected chi connectivity index (χ1v) is 6.47. The minimum Gasteiger partial charge on any atom is -0.378 e. The second-order valence-electron chi connectivity index (χ2n) is 4.22. The number of sulfonamides is 1. The maximum atomic E-state index is 12.0. The number of hydrogen-bond acceptors (Lipinski definition) is 3. The molecule has 4 nitrogen and oxygen atoms in total. The molecule has 0 atom stereocenters. The number of ether oxygens (including phenoxy) is 1. The average Bonchev–Trinajstić information content (AvgIpc) is 1.75. The maximum Gasteiger partial charge on any atom is 0.222 e. The molecule has 0 aromatic heterocycles. The van der Waals surface area contributed by atoms with E-state index in [9.17, 15) is 8.42 Å². The van der Waals surface area contributed by atoms with E-state index in [2.05, 4.69) is 0 Å². The van der Waals surface area contributed by atoms with Crippen LogP contribution in [0.1, 0.15) is 27.7 Å². The highest BCUT2D eigenvalue weighted by molar-refractivity contribution is 7.89. The molecule has 5 heteroatoms. The zero-order valence-corrected chi connectivity index (χ0v) is 10.0. The molecule has 0 radical (unpaired) electrons. The molecular weight excluding hydrogens is 202 g/mol. The average molecular weight is 221 g/mol. The highest BCUT2D eigenvalue weighted by Gasteiger charge is 2.39. The van der Waals surface area contributed by atoms with E-state index in [1.54, 1.807) is 4.31 Å². The summed E-state index contributed by atoms with van der Waals surface area (Å²) in [6.45, 7) is 8.29. The molecule has 1 heterocycles. The standard InChI is InChI=1S/C9H19NO3S/c1-7(2)10(8(3)4)14(11,12)9-5-13-6-9/h7-9H,5-6H2,1-4H3. The van der Waals surface area contributed by atoms with Gasteiger partial charge < -0.3 is 4.74 Å². The molecule has 0 N–H and O–H groups in total. The molecule has 0 bridgehead atoms. The third-order valence-corrected chi connectivity index (χ3v) is 4.89. The maximum absolute atomic E-state index is 12.0. The van der Waals surface area contributed by atoms with Crippen molar-refractivity contribution in [2.75, 3.05) is 13.2 Å². The fourth-order valence-electron chi connectivity index (χ4n) is 1.74. The Kier molecular flexibility index (Phi) is 3.55. The zero-order chi connectivity index (χ0) is 10.9. The monoisotopic (exact) mass is 221 g/mol. The lowest BCUT2D eigenvalue weighted by molar-refractivity contribution is 0.0381.